The van der Waals surface area contributed by atoms with Gasteiger partial charge in [-0.25, -0.2) is 4.79 Å². The zero-order valence-corrected chi connectivity index (χ0v) is 11.1. The molecule has 1 aromatic carbocycles. The van der Waals surface area contributed by atoms with Crippen LogP contribution in [0.5, 0.6) is 0 Å². The topological polar surface area (TPSA) is 58.4 Å². The highest BCUT2D eigenvalue weighted by molar-refractivity contribution is 5.90. The summed E-state index contributed by atoms with van der Waals surface area (Å²) >= 11 is 0. The lowest BCUT2D eigenvalue weighted by atomic mass is 10.1. The lowest BCUT2D eigenvalue weighted by Crippen LogP contribution is -2.31. The normalized spacial score (nSPS) is 9.33. The lowest BCUT2D eigenvalue weighted by molar-refractivity contribution is 0.224. The second-order valence-electron chi connectivity index (χ2n) is 4.00. The van der Waals surface area contributed by atoms with Crippen molar-refractivity contribution >= 4 is 11.7 Å². The molecule has 0 fully saturated rings. The van der Waals surface area contributed by atoms with E-state index in [9.17, 15) is 4.79 Å². The molecule has 0 aliphatic carbocycles. The first-order chi connectivity index (χ1) is 8.58. The van der Waals surface area contributed by atoms with Crippen molar-refractivity contribution in [3.8, 4) is 11.8 Å². The quantitative estimate of drug-likeness (QED) is 0.780. The number of nitrogens with one attached hydrogen (secondary N) is 1. The molecule has 1 aromatic rings. The smallest absolute Gasteiger partial charge is 0.321 e. The molecule has 0 bridgehead atoms. The van der Waals surface area contributed by atoms with Crippen molar-refractivity contribution in [1.82, 2.24) is 4.90 Å². The van der Waals surface area contributed by atoms with E-state index in [1.807, 2.05) is 32.0 Å². The van der Waals surface area contributed by atoms with Crippen molar-refractivity contribution in [1.29, 1.82) is 0 Å². The fourth-order valence-corrected chi connectivity index (χ4v) is 1.37. The molecule has 4 heteroatoms. The summed E-state index contributed by atoms with van der Waals surface area (Å²) in [6.45, 7) is 4.86. The highest BCUT2D eigenvalue weighted by atomic mass is 16.2. The van der Waals surface area contributed by atoms with E-state index in [1.165, 1.54) is 0 Å². The van der Waals surface area contributed by atoms with Crippen LogP contribution in [0.1, 0.15) is 18.1 Å². The summed E-state index contributed by atoms with van der Waals surface area (Å²) < 4.78 is 0. The van der Waals surface area contributed by atoms with Gasteiger partial charge in [-0.15, -0.1) is 0 Å². The third kappa shape index (κ3) is 3.79. The third-order valence-electron chi connectivity index (χ3n) is 2.56. The number of hydrogen-bond donors (Lipinski definition) is 2. The van der Waals surface area contributed by atoms with Crippen LogP contribution >= 0.6 is 0 Å². The number of nitrogens with two attached hydrogens (primary N) is 1. The van der Waals surface area contributed by atoms with Gasteiger partial charge >= 0.3 is 6.03 Å². The Morgan fingerprint density at radius 1 is 1.50 bits per heavy atom. The fraction of sp³-hybridized carbons (Fsp3) is 0.357. The van der Waals surface area contributed by atoms with Crippen molar-refractivity contribution < 1.29 is 4.79 Å². The molecule has 0 saturated carbocycles. The molecule has 0 unspecified atom stereocenters. The largest absolute Gasteiger partial charge is 0.328 e. The first-order valence-corrected chi connectivity index (χ1v) is 5.90. The summed E-state index contributed by atoms with van der Waals surface area (Å²) in [5, 5.41) is 2.84. The van der Waals surface area contributed by atoms with Crippen LogP contribution in [0, 0.1) is 18.8 Å². The van der Waals surface area contributed by atoms with Crippen LogP contribution in [0.2, 0.25) is 0 Å². The second-order valence-corrected chi connectivity index (χ2v) is 4.00. The Labute approximate surface area is 108 Å². The third-order valence-corrected chi connectivity index (χ3v) is 2.56. The number of hydrogen-bond acceptors (Lipinski definition) is 2. The number of nitrogens with zero attached hydrogens (tertiary/aromatic N) is 1. The summed E-state index contributed by atoms with van der Waals surface area (Å²) in [5.74, 6) is 5.77. The summed E-state index contributed by atoms with van der Waals surface area (Å²) in [6.07, 6.45) is 0. The van der Waals surface area contributed by atoms with Crippen LogP contribution < -0.4 is 11.1 Å². The van der Waals surface area contributed by atoms with Crippen LogP contribution in [-0.4, -0.2) is 31.1 Å². The predicted octanol–water partition coefficient (Wildman–Crippen LogP) is 1.79. The molecule has 0 radical (unpaired) electrons. The number of aryl methyl sites for hydroxylation is 1. The van der Waals surface area contributed by atoms with Crippen LogP contribution in [0.4, 0.5) is 10.5 Å². The molecule has 18 heavy (non-hydrogen) atoms. The Balaban J connectivity index is 2.97. The second kappa shape index (κ2) is 6.67. The summed E-state index contributed by atoms with van der Waals surface area (Å²) in [5.41, 5.74) is 7.97. The van der Waals surface area contributed by atoms with Crippen molar-refractivity contribution in [2.24, 2.45) is 5.73 Å². The zero-order valence-electron chi connectivity index (χ0n) is 11.1. The Bertz CT molecular complexity index is 486. The van der Waals surface area contributed by atoms with Crippen LogP contribution in [0.15, 0.2) is 18.2 Å². The minimum atomic E-state index is -0.142. The van der Waals surface area contributed by atoms with Crippen molar-refractivity contribution in [3.63, 3.8) is 0 Å². The molecule has 2 amide bonds. The average Bonchev–Trinajstić information content (AvgIpc) is 2.37. The molecule has 0 aliphatic rings. The van der Waals surface area contributed by atoms with Gasteiger partial charge in [-0.05, 0) is 31.5 Å². The van der Waals surface area contributed by atoms with Crippen LogP contribution in [-0.2, 0) is 0 Å². The Kier molecular flexibility index (Phi) is 5.22. The molecule has 3 N–H and O–H groups in total. The van der Waals surface area contributed by atoms with Gasteiger partial charge in [0.05, 0.1) is 12.2 Å². The number of amides is 2. The van der Waals surface area contributed by atoms with Gasteiger partial charge in [0.1, 0.15) is 0 Å². The van der Waals surface area contributed by atoms with Gasteiger partial charge in [-0.2, -0.15) is 0 Å². The molecular weight excluding hydrogens is 226 g/mol. The number of benzene rings is 1. The molecule has 0 aliphatic heterocycles. The minimum Gasteiger partial charge on any atom is -0.328 e. The van der Waals surface area contributed by atoms with E-state index in [0.717, 1.165) is 11.1 Å². The van der Waals surface area contributed by atoms with Gasteiger partial charge < -0.3 is 16.0 Å². The van der Waals surface area contributed by atoms with Gasteiger partial charge in [-0.1, -0.05) is 17.9 Å². The average molecular weight is 245 g/mol. The number of anilines is 1. The van der Waals surface area contributed by atoms with Gasteiger partial charge in [-0.3, -0.25) is 0 Å². The Morgan fingerprint density at radius 3 is 2.83 bits per heavy atom. The first-order valence-electron chi connectivity index (χ1n) is 5.90. The molecule has 96 valence electrons. The van der Waals surface area contributed by atoms with E-state index >= 15 is 0 Å². The molecule has 1 rings (SSSR count). The maximum Gasteiger partial charge on any atom is 0.321 e. The molecule has 0 atom stereocenters. The molecule has 0 heterocycles. The molecule has 4 nitrogen and oxygen atoms in total. The summed E-state index contributed by atoms with van der Waals surface area (Å²) in [4.78, 5) is 13.4. The fourth-order valence-electron chi connectivity index (χ4n) is 1.37. The molecule has 0 spiro atoms. The van der Waals surface area contributed by atoms with E-state index in [4.69, 9.17) is 5.73 Å². The predicted molar refractivity (Wildman–Crippen MR) is 74.4 cm³/mol. The Morgan fingerprint density at radius 2 is 2.22 bits per heavy atom. The Hall–Kier alpha value is -1.99. The SMILES string of the molecule is CCN(C)C(=O)Nc1ccc(C)cc1C#CCN. The molecule has 0 saturated heterocycles. The van der Waals surface area contributed by atoms with E-state index in [2.05, 4.69) is 17.2 Å². The van der Waals surface area contributed by atoms with E-state index in [1.54, 1.807) is 11.9 Å². The van der Waals surface area contributed by atoms with Gasteiger partial charge in [0, 0.05) is 19.2 Å². The van der Waals surface area contributed by atoms with Gasteiger partial charge in [0.2, 0.25) is 0 Å². The standard InChI is InChI=1S/C14H19N3O/c1-4-17(3)14(18)16-13-8-7-11(2)10-12(13)6-5-9-15/h7-8,10H,4,9,15H2,1-3H3,(H,16,18). The van der Waals surface area contributed by atoms with E-state index in [0.29, 0.717) is 18.8 Å². The number of carbonyl (C=O) groups excluding carboxylic acids is 1. The van der Waals surface area contributed by atoms with Gasteiger partial charge in [0.15, 0.2) is 0 Å². The maximum absolute atomic E-state index is 11.8. The van der Waals surface area contributed by atoms with Crippen LogP contribution in [0.3, 0.4) is 0 Å². The van der Waals surface area contributed by atoms with E-state index in [-0.39, 0.29) is 6.03 Å². The number of rotatable bonds is 2. The van der Waals surface area contributed by atoms with Crippen LogP contribution in [0.25, 0.3) is 0 Å². The zero-order chi connectivity index (χ0) is 13.5. The minimum absolute atomic E-state index is 0.142. The molecule has 0 aromatic heterocycles. The summed E-state index contributed by atoms with van der Waals surface area (Å²) in [7, 11) is 1.74. The lowest BCUT2D eigenvalue weighted by Gasteiger charge is -2.16. The number of urea groups is 1. The van der Waals surface area contributed by atoms with Crippen molar-refractivity contribution in [2.75, 3.05) is 25.5 Å². The van der Waals surface area contributed by atoms with Crippen molar-refractivity contribution in [3.05, 3.63) is 29.3 Å². The van der Waals surface area contributed by atoms with Gasteiger partial charge in [0.25, 0.3) is 0 Å². The maximum atomic E-state index is 11.8. The number of carbonyl (C=O) groups is 1. The van der Waals surface area contributed by atoms with E-state index < -0.39 is 0 Å². The highest BCUT2D eigenvalue weighted by Crippen LogP contribution is 2.16. The summed E-state index contributed by atoms with van der Waals surface area (Å²) in [6, 6.07) is 5.59. The first kappa shape index (κ1) is 14.1. The highest BCUT2D eigenvalue weighted by Gasteiger charge is 2.08. The van der Waals surface area contributed by atoms with Crippen molar-refractivity contribution in [2.45, 2.75) is 13.8 Å². The monoisotopic (exact) mass is 245 g/mol. The molecular formula is C14H19N3O.